The van der Waals surface area contributed by atoms with Crippen molar-refractivity contribution < 1.29 is 23.5 Å². The van der Waals surface area contributed by atoms with E-state index in [4.69, 9.17) is 20.5 Å². The van der Waals surface area contributed by atoms with Crippen molar-refractivity contribution in [2.24, 2.45) is 16.5 Å². The number of aromatic nitrogens is 2. The lowest BCUT2D eigenvalue weighted by atomic mass is 10.1. The minimum absolute atomic E-state index is 0.0423. The monoisotopic (exact) mass is 523 g/mol. The van der Waals surface area contributed by atoms with E-state index >= 15 is 0 Å². The molecule has 1 amide bonds. The first-order valence-electron chi connectivity index (χ1n) is 10.5. The van der Waals surface area contributed by atoms with E-state index in [2.05, 4.69) is 19.8 Å². The lowest BCUT2D eigenvalue weighted by Crippen LogP contribution is -2.24. The average Bonchev–Trinajstić information content (AvgIpc) is 3.30. The highest BCUT2D eigenvalue weighted by molar-refractivity contribution is 7.99. The number of fused-ring (bicyclic) bond motifs is 1. The van der Waals surface area contributed by atoms with Crippen LogP contribution >= 0.6 is 23.8 Å². The molecule has 1 heterocycles. The summed E-state index contributed by atoms with van der Waals surface area (Å²) in [4.78, 5) is 41.1. The third kappa shape index (κ3) is 6.43. The van der Waals surface area contributed by atoms with Crippen LogP contribution in [0, 0.1) is 0 Å². The second-order valence-corrected chi connectivity index (χ2v) is 8.93. The van der Waals surface area contributed by atoms with Crippen LogP contribution < -0.4 is 16.2 Å². The Morgan fingerprint density at radius 3 is 2.50 bits per heavy atom. The predicted molar refractivity (Wildman–Crippen MR) is 138 cm³/mol. The van der Waals surface area contributed by atoms with Gasteiger partial charge in [-0.05, 0) is 54.6 Å². The zero-order valence-corrected chi connectivity index (χ0v) is 20.6. The quantitative estimate of drug-likeness (QED) is 0.0520. The molecule has 10 nitrogen and oxygen atoms in total. The van der Waals surface area contributed by atoms with E-state index < -0.39 is 5.91 Å². The maximum Gasteiger partial charge on any atom is 0.280 e. The summed E-state index contributed by atoms with van der Waals surface area (Å²) in [5.74, 6) is 0.134. The molecule has 1 aromatic heterocycles. The van der Waals surface area contributed by atoms with Gasteiger partial charge in [-0.3, -0.25) is 9.59 Å². The number of carbonyl (C=O) groups excluding carboxylic acids is 2. The van der Waals surface area contributed by atoms with E-state index in [0.717, 1.165) is 23.1 Å². The first-order valence-corrected chi connectivity index (χ1v) is 12.2. The van der Waals surface area contributed by atoms with E-state index in [0.29, 0.717) is 27.1 Å². The number of nitrogens with two attached hydrogens (primary N) is 2. The van der Waals surface area contributed by atoms with Crippen LogP contribution in [0.25, 0.3) is 11.0 Å². The summed E-state index contributed by atoms with van der Waals surface area (Å²) in [6.45, 7) is 0. The normalized spacial score (nSPS) is 10.8. The Morgan fingerprint density at radius 1 is 1.03 bits per heavy atom. The van der Waals surface area contributed by atoms with Crippen LogP contribution in [0.1, 0.15) is 20.7 Å². The molecule has 4 aromatic rings. The predicted octanol–water partition coefficient (Wildman–Crippen LogP) is 4.33. The minimum atomic E-state index is -0.607. The number of benzene rings is 3. The zero-order chi connectivity index (χ0) is 25.5. The summed E-state index contributed by atoms with van der Waals surface area (Å²) in [6, 6.07) is 19.1. The number of H-pyrrole nitrogens is 1. The number of aliphatic imine (C=N–C) groups is 1. The molecule has 3 aromatic carbocycles. The number of Topliss-reactive ketones (excluding diaryl/α,β-unsaturated/α-hetero) is 1. The van der Waals surface area contributed by atoms with Crippen molar-refractivity contribution in [3.8, 4) is 11.5 Å². The number of ether oxygens (including phenoxy) is 1. The number of amides is 1. The molecule has 5 N–H and O–H groups in total. The number of para-hydroxylation sites is 2. The third-order valence-corrected chi connectivity index (χ3v) is 6.30. The molecule has 0 atom stereocenters. The van der Waals surface area contributed by atoms with Gasteiger partial charge in [-0.25, -0.2) is 9.87 Å². The third-order valence-electron chi connectivity index (χ3n) is 4.72. The second-order valence-electron chi connectivity index (χ2n) is 7.22. The van der Waals surface area contributed by atoms with E-state index in [1.807, 2.05) is 24.3 Å². The van der Waals surface area contributed by atoms with Crippen molar-refractivity contribution in [3.63, 3.8) is 0 Å². The van der Waals surface area contributed by atoms with Crippen molar-refractivity contribution >= 4 is 52.5 Å². The molecule has 0 saturated heterocycles. The van der Waals surface area contributed by atoms with Gasteiger partial charge in [0, 0.05) is 11.1 Å². The minimum Gasteiger partial charge on any atom is -0.456 e. The smallest absolute Gasteiger partial charge is 0.280 e. The maximum absolute atomic E-state index is 12.7. The van der Waals surface area contributed by atoms with Crippen LogP contribution in [0.5, 0.6) is 11.5 Å². The molecular formula is C24H21N5O5S2. The van der Waals surface area contributed by atoms with Crippen molar-refractivity contribution in [1.29, 1.82) is 0 Å². The fraction of sp³-hybridized carbons (Fsp3) is 0.0833. The Balaban J connectivity index is 1.42. The molecule has 184 valence electrons. The lowest BCUT2D eigenvalue weighted by molar-refractivity contribution is -0.160. The Kier molecular flexibility index (Phi) is 8.23. The molecule has 0 aliphatic heterocycles. The number of guanidine groups is 1. The summed E-state index contributed by atoms with van der Waals surface area (Å²) < 4.78 is 10.9. The maximum atomic E-state index is 12.7. The fourth-order valence-corrected chi connectivity index (χ4v) is 4.38. The molecule has 0 aliphatic rings. The van der Waals surface area contributed by atoms with Crippen LogP contribution in [0.15, 0.2) is 81.8 Å². The van der Waals surface area contributed by atoms with E-state index in [1.54, 1.807) is 30.3 Å². The molecule has 0 aliphatic carbocycles. The van der Waals surface area contributed by atoms with Crippen molar-refractivity contribution in [2.45, 2.75) is 10.1 Å². The van der Waals surface area contributed by atoms with Gasteiger partial charge in [0.15, 0.2) is 16.9 Å². The highest BCUT2D eigenvalue weighted by atomic mass is 32.2. The number of hydrogen-bond donors (Lipinski definition) is 3. The van der Waals surface area contributed by atoms with Gasteiger partial charge in [0.2, 0.25) is 0 Å². The Bertz CT molecular complexity index is 1390. The number of nitrogens with one attached hydrogen (secondary N) is 1. The van der Waals surface area contributed by atoms with Crippen molar-refractivity contribution in [2.75, 3.05) is 12.9 Å². The molecule has 0 fully saturated rings. The highest BCUT2D eigenvalue weighted by Gasteiger charge is 2.14. The topological polar surface area (TPSA) is 155 Å². The largest absolute Gasteiger partial charge is 0.456 e. The van der Waals surface area contributed by atoms with Gasteiger partial charge in [-0.15, -0.1) is 0 Å². The molecular weight excluding hydrogens is 502 g/mol. The number of carbonyl (C=O) groups is 2. The first kappa shape index (κ1) is 25.3. The average molecular weight is 524 g/mol. The van der Waals surface area contributed by atoms with Gasteiger partial charge < -0.3 is 21.2 Å². The number of thioether (sulfide) groups is 1. The summed E-state index contributed by atoms with van der Waals surface area (Å²) in [7, 11) is 1.35. The molecule has 0 spiro atoms. The first-order chi connectivity index (χ1) is 17.4. The Hall–Kier alpha value is -3.84. The SMILES string of the molecule is COOSc1cc(C(=O)N=C(N)N)ccc1Oc1ccc(C(=O)CSc2nc3ccccc3[nH]2)cc1. The molecule has 0 unspecified atom stereocenters. The standard InChI is InChI=1S/C24H21N5O5S2/c1-32-34-36-21-12-15(22(31)29-23(25)26)8-11-20(21)33-16-9-6-14(7-10-16)19(30)13-35-24-27-17-4-2-3-5-18(17)28-24/h2-12H,13H2,1H3,(H,27,28)(H4,25,26,29,31). The lowest BCUT2D eigenvalue weighted by Gasteiger charge is -2.11. The molecule has 0 saturated carbocycles. The number of ketones is 1. The van der Waals surface area contributed by atoms with E-state index in [9.17, 15) is 9.59 Å². The van der Waals surface area contributed by atoms with Gasteiger partial charge in [-0.1, -0.05) is 23.9 Å². The molecule has 4 rings (SSSR count). The number of hydrogen-bond acceptors (Lipinski definition) is 8. The number of nitrogens with zero attached hydrogens (tertiary/aromatic N) is 2. The fourth-order valence-electron chi connectivity index (χ4n) is 3.09. The van der Waals surface area contributed by atoms with Crippen molar-refractivity contribution in [1.82, 2.24) is 9.97 Å². The highest BCUT2D eigenvalue weighted by Crippen LogP contribution is 2.34. The number of aromatic amines is 1. The second kappa shape index (κ2) is 11.7. The molecule has 12 heteroatoms. The number of imidazole rings is 1. The number of rotatable bonds is 10. The zero-order valence-electron chi connectivity index (χ0n) is 19.0. The summed E-state index contributed by atoms with van der Waals surface area (Å²) in [5, 5.41) is 0.689. The van der Waals surface area contributed by atoms with Crippen molar-refractivity contribution in [3.05, 3.63) is 77.9 Å². The molecule has 0 radical (unpaired) electrons. The molecule has 36 heavy (non-hydrogen) atoms. The summed E-state index contributed by atoms with van der Waals surface area (Å²) in [5.41, 5.74) is 13.1. The Morgan fingerprint density at radius 2 is 1.78 bits per heavy atom. The van der Waals surface area contributed by atoms with Gasteiger partial charge >= 0.3 is 0 Å². The van der Waals surface area contributed by atoms with Crippen LogP contribution in [-0.2, 0) is 9.22 Å². The Labute approximate surface area is 214 Å². The van der Waals surface area contributed by atoms with E-state index in [1.165, 1.54) is 31.0 Å². The molecule has 0 bridgehead atoms. The van der Waals surface area contributed by atoms with Crippen LogP contribution in [0.4, 0.5) is 0 Å². The van der Waals surface area contributed by atoms with Crippen LogP contribution in [0.2, 0.25) is 0 Å². The summed E-state index contributed by atoms with van der Waals surface area (Å²) in [6.07, 6.45) is 0. The van der Waals surface area contributed by atoms with Gasteiger partial charge in [0.25, 0.3) is 5.91 Å². The van der Waals surface area contributed by atoms with Crippen LogP contribution in [-0.4, -0.2) is 40.5 Å². The van der Waals surface area contributed by atoms with Gasteiger partial charge in [-0.2, -0.15) is 9.33 Å². The van der Waals surface area contributed by atoms with Gasteiger partial charge in [0.05, 0.1) is 40.8 Å². The van der Waals surface area contributed by atoms with E-state index in [-0.39, 0.29) is 23.1 Å². The summed E-state index contributed by atoms with van der Waals surface area (Å²) >= 11 is 2.20. The van der Waals surface area contributed by atoms with Gasteiger partial charge in [0.1, 0.15) is 11.5 Å². The van der Waals surface area contributed by atoms with Crippen LogP contribution in [0.3, 0.4) is 0 Å².